The van der Waals surface area contributed by atoms with Crippen LogP contribution in [0.15, 0.2) is 28.7 Å². The average Bonchev–Trinajstić information content (AvgIpc) is 2.20. The van der Waals surface area contributed by atoms with E-state index in [9.17, 15) is 0 Å². The van der Waals surface area contributed by atoms with Crippen LogP contribution in [0.4, 0.5) is 0 Å². The second kappa shape index (κ2) is 5.49. The van der Waals surface area contributed by atoms with Gasteiger partial charge >= 0.3 is 0 Å². The van der Waals surface area contributed by atoms with Crippen LogP contribution in [0.2, 0.25) is 0 Å². The predicted octanol–water partition coefficient (Wildman–Crippen LogP) is 2.43. The summed E-state index contributed by atoms with van der Waals surface area (Å²) < 4.78 is 1.07. The molecule has 0 amide bonds. The lowest BCUT2D eigenvalue weighted by Crippen LogP contribution is -2.27. The van der Waals surface area contributed by atoms with Gasteiger partial charge in [-0.3, -0.25) is 0 Å². The van der Waals surface area contributed by atoms with Crippen molar-refractivity contribution in [3.8, 4) is 0 Å². The van der Waals surface area contributed by atoms with Crippen LogP contribution in [0.25, 0.3) is 0 Å². The molecule has 1 aromatic carbocycles. The molecular formula is C11H17BrN2. The molecular weight excluding hydrogens is 240 g/mol. The van der Waals surface area contributed by atoms with Crippen LogP contribution in [-0.4, -0.2) is 6.54 Å². The Morgan fingerprint density at radius 3 is 2.50 bits per heavy atom. The van der Waals surface area contributed by atoms with Crippen LogP contribution >= 0.6 is 15.9 Å². The smallest absolute Gasteiger partial charge is 0.0346 e. The minimum Gasteiger partial charge on any atom is -0.330 e. The molecule has 14 heavy (non-hydrogen) atoms. The molecule has 0 aromatic heterocycles. The summed E-state index contributed by atoms with van der Waals surface area (Å²) >= 11 is 3.50. The minimum absolute atomic E-state index is 0.0283. The lowest BCUT2D eigenvalue weighted by atomic mass is 9.92. The molecule has 2 nitrogen and oxygen atoms in total. The van der Waals surface area contributed by atoms with Gasteiger partial charge in [-0.1, -0.05) is 47.5 Å². The number of nitrogens with two attached hydrogens (primary N) is 2. The Morgan fingerprint density at radius 1 is 1.36 bits per heavy atom. The monoisotopic (exact) mass is 256 g/mol. The fourth-order valence-corrected chi connectivity index (χ4v) is 2.12. The van der Waals surface area contributed by atoms with E-state index in [0.29, 0.717) is 12.5 Å². The first-order chi connectivity index (χ1) is 6.70. The van der Waals surface area contributed by atoms with Crippen molar-refractivity contribution in [3.63, 3.8) is 0 Å². The number of rotatable bonds is 4. The highest BCUT2D eigenvalue weighted by Gasteiger charge is 2.17. The van der Waals surface area contributed by atoms with Crippen molar-refractivity contribution in [1.82, 2.24) is 0 Å². The van der Waals surface area contributed by atoms with Crippen molar-refractivity contribution in [2.24, 2.45) is 17.4 Å². The molecule has 0 aliphatic rings. The molecule has 2 unspecified atom stereocenters. The molecule has 0 aliphatic carbocycles. The highest BCUT2D eigenvalue weighted by molar-refractivity contribution is 9.10. The van der Waals surface area contributed by atoms with Crippen LogP contribution < -0.4 is 11.5 Å². The van der Waals surface area contributed by atoms with Gasteiger partial charge in [0.05, 0.1) is 0 Å². The van der Waals surface area contributed by atoms with Gasteiger partial charge in [-0.2, -0.15) is 0 Å². The number of benzene rings is 1. The van der Waals surface area contributed by atoms with Gasteiger partial charge in [0.1, 0.15) is 0 Å². The SMILES string of the molecule is CCC(CN)C(N)c1ccccc1Br. The lowest BCUT2D eigenvalue weighted by molar-refractivity contribution is 0.427. The molecule has 0 aliphatic heterocycles. The van der Waals surface area contributed by atoms with E-state index in [4.69, 9.17) is 11.5 Å². The molecule has 0 saturated carbocycles. The molecule has 0 spiro atoms. The van der Waals surface area contributed by atoms with Gasteiger partial charge in [-0.05, 0) is 24.1 Å². The van der Waals surface area contributed by atoms with Crippen molar-refractivity contribution in [1.29, 1.82) is 0 Å². The molecule has 3 heteroatoms. The van der Waals surface area contributed by atoms with Gasteiger partial charge in [0, 0.05) is 10.5 Å². The van der Waals surface area contributed by atoms with Crippen LogP contribution in [-0.2, 0) is 0 Å². The second-order valence-corrected chi connectivity index (χ2v) is 4.31. The van der Waals surface area contributed by atoms with E-state index in [1.54, 1.807) is 0 Å². The summed E-state index contributed by atoms with van der Waals surface area (Å²) in [6.07, 6.45) is 1.01. The Hall–Kier alpha value is -0.380. The van der Waals surface area contributed by atoms with Crippen molar-refractivity contribution >= 4 is 15.9 Å². The number of halogens is 1. The molecule has 0 bridgehead atoms. The summed E-state index contributed by atoms with van der Waals surface area (Å²) in [6, 6.07) is 8.08. The Bertz CT molecular complexity index is 284. The van der Waals surface area contributed by atoms with E-state index in [2.05, 4.69) is 22.9 Å². The maximum absolute atomic E-state index is 6.15. The van der Waals surface area contributed by atoms with E-state index in [1.165, 1.54) is 0 Å². The summed E-state index contributed by atoms with van der Waals surface area (Å²) in [5, 5.41) is 0. The standard InChI is InChI=1S/C11H17BrN2/c1-2-8(7-13)11(14)9-5-3-4-6-10(9)12/h3-6,8,11H,2,7,13-14H2,1H3. The van der Waals surface area contributed by atoms with Gasteiger partial charge in [0.2, 0.25) is 0 Å². The summed E-state index contributed by atoms with van der Waals surface area (Å²) in [6.45, 7) is 2.76. The molecule has 4 N–H and O–H groups in total. The number of hydrogen-bond acceptors (Lipinski definition) is 2. The minimum atomic E-state index is 0.0283. The Labute approximate surface area is 93.8 Å². The molecule has 0 fully saturated rings. The van der Waals surface area contributed by atoms with Crippen LogP contribution in [0, 0.1) is 5.92 Å². The van der Waals surface area contributed by atoms with Crippen LogP contribution in [0.3, 0.4) is 0 Å². The normalized spacial score (nSPS) is 15.1. The van der Waals surface area contributed by atoms with Gasteiger partial charge < -0.3 is 11.5 Å². The first-order valence-electron chi connectivity index (χ1n) is 4.90. The fourth-order valence-electron chi connectivity index (χ4n) is 1.57. The quantitative estimate of drug-likeness (QED) is 0.870. The molecule has 0 heterocycles. The average molecular weight is 257 g/mol. The maximum Gasteiger partial charge on any atom is 0.0346 e. The zero-order valence-electron chi connectivity index (χ0n) is 8.41. The largest absolute Gasteiger partial charge is 0.330 e. The molecule has 1 rings (SSSR count). The molecule has 0 radical (unpaired) electrons. The molecule has 2 atom stereocenters. The summed E-state index contributed by atoms with van der Waals surface area (Å²) in [5.41, 5.74) is 13.0. The third-order valence-electron chi connectivity index (χ3n) is 2.60. The van der Waals surface area contributed by atoms with Crippen molar-refractivity contribution in [3.05, 3.63) is 34.3 Å². The van der Waals surface area contributed by atoms with E-state index >= 15 is 0 Å². The van der Waals surface area contributed by atoms with Gasteiger partial charge in [0.15, 0.2) is 0 Å². The van der Waals surface area contributed by atoms with Gasteiger partial charge in [-0.25, -0.2) is 0 Å². The van der Waals surface area contributed by atoms with Crippen molar-refractivity contribution in [2.75, 3.05) is 6.54 Å². The Balaban J connectivity index is 2.88. The molecule has 0 saturated heterocycles. The van der Waals surface area contributed by atoms with Crippen molar-refractivity contribution < 1.29 is 0 Å². The maximum atomic E-state index is 6.15. The first kappa shape index (κ1) is 11.7. The Kier molecular flexibility index (Phi) is 4.58. The van der Waals surface area contributed by atoms with E-state index < -0.39 is 0 Å². The van der Waals surface area contributed by atoms with E-state index in [0.717, 1.165) is 16.5 Å². The van der Waals surface area contributed by atoms with Crippen LogP contribution in [0.5, 0.6) is 0 Å². The molecule has 1 aromatic rings. The predicted molar refractivity (Wildman–Crippen MR) is 63.9 cm³/mol. The lowest BCUT2D eigenvalue weighted by Gasteiger charge is -2.22. The van der Waals surface area contributed by atoms with Crippen molar-refractivity contribution in [2.45, 2.75) is 19.4 Å². The summed E-state index contributed by atoms with van der Waals surface area (Å²) in [5.74, 6) is 0.355. The zero-order chi connectivity index (χ0) is 10.6. The summed E-state index contributed by atoms with van der Waals surface area (Å²) in [7, 11) is 0. The van der Waals surface area contributed by atoms with E-state index in [1.807, 2.05) is 24.3 Å². The third-order valence-corrected chi connectivity index (χ3v) is 3.32. The highest BCUT2D eigenvalue weighted by Crippen LogP contribution is 2.27. The van der Waals surface area contributed by atoms with Crippen LogP contribution in [0.1, 0.15) is 24.9 Å². The fraction of sp³-hybridized carbons (Fsp3) is 0.455. The first-order valence-corrected chi connectivity index (χ1v) is 5.70. The topological polar surface area (TPSA) is 52.0 Å². The van der Waals surface area contributed by atoms with Gasteiger partial charge in [-0.15, -0.1) is 0 Å². The summed E-state index contributed by atoms with van der Waals surface area (Å²) in [4.78, 5) is 0. The van der Waals surface area contributed by atoms with E-state index in [-0.39, 0.29) is 6.04 Å². The number of hydrogen-bond donors (Lipinski definition) is 2. The Morgan fingerprint density at radius 2 is 2.00 bits per heavy atom. The molecule has 78 valence electrons. The third kappa shape index (κ3) is 2.56. The highest BCUT2D eigenvalue weighted by atomic mass is 79.9. The van der Waals surface area contributed by atoms with Gasteiger partial charge in [0.25, 0.3) is 0 Å². The second-order valence-electron chi connectivity index (χ2n) is 3.45. The zero-order valence-corrected chi connectivity index (χ0v) is 10.00.